The zero-order valence-electron chi connectivity index (χ0n) is 15.2. The van der Waals surface area contributed by atoms with Crippen molar-refractivity contribution in [1.29, 1.82) is 5.26 Å². The molecule has 9 heteroatoms. The number of hydrogen-bond donors (Lipinski definition) is 0. The van der Waals surface area contributed by atoms with E-state index >= 15 is 4.39 Å². The number of amides is 1. The molecule has 0 aliphatic carbocycles. The Bertz CT molecular complexity index is 908. The molecule has 0 spiro atoms. The maximum Gasteiger partial charge on any atom is 0.260 e. The predicted octanol–water partition coefficient (Wildman–Crippen LogP) is 1.47. The molecule has 0 saturated carbocycles. The largest absolute Gasteiger partial charge is 0.490 e. The number of hydrogen-bond acceptors (Lipinski definition) is 7. The fraction of sp³-hybridized carbons (Fsp3) is 0.421. The highest BCUT2D eigenvalue weighted by molar-refractivity contribution is 5.85. The van der Waals surface area contributed by atoms with E-state index in [0.717, 1.165) is 5.82 Å². The second kappa shape index (κ2) is 7.38. The molecule has 2 aromatic rings. The van der Waals surface area contributed by atoms with Crippen molar-refractivity contribution < 1.29 is 13.9 Å². The number of pyridine rings is 1. The van der Waals surface area contributed by atoms with Crippen LogP contribution in [-0.2, 0) is 11.3 Å². The molecular weight excluding hydrogens is 363 g/mol. The SMILES string of the molecule is N#Cc1cncc2c1OCCN(C(=O)C1(F)CCN(c3ccncn3)CC1)C2. The van der Waals surface area contributed by atoms with Crippen LogP contribution in [0.25, 0.3) is 0 Å². The number of ether oxygens (including phenoxy) is 1. The van der Waals surface area contributed by atoms with E-state index in [1.165, 1.54) is 17.4 Å². The van der Waals surface area contributed by atoms with E-state index < -0.39 is 11.6 Å². The lowest BCUT2D eigenvalue weighted by Gasteiger charge is -2.38. The number of carbonyl (C=O) groups is 1. The van der Waals surface area contributed by atoms with Crippen LogP contribution in [0.2, 0.25) is 0 Å². The molecule has 0 unspecified atom stereocenters. The van der Waals surface area contributed by atoms with E-state index in [9.17, 15) is 10.1 Å². The smallest absolute Gasteiger partial charge is 0.260 e. The van der Waals surface area contributed by atoms with E-state index in [0.29, 0.717) is 30.0 Å². The van der Waals surface area contributed by atoms with Gasteiger partial charge in [-0.05, 0) is 6.07 Å². The fourth-order valence-corrected chi connectivity index (χ4v) is 3.63. The summed E-state index contributed by atoms with van der Waals surface area (Å²) in [7, 11) is 0. The van der Waals surface area contributed by atoms with Gasteiger partial charge in [0.25, 0.3) is 5.91 Å². The molecule has 0 aromatic carbocycles. The summed E-state index contributed by atoms with van der Waals surface area (Å²) in [6.45, 7) is 1.46. The summed E-state index contributed by atoms with van der Waals surface area (Å²) in [4.78, 5) is 28.5. The lowest BCUT2D eigenvalue weighted by Crippen LogP contribution is -2.52. The van der Waals surface area contributed by atoms with Gasteiger partial charge in [0.15, 0.2) is 5.67 Å². The van der Waals surface area contributed by atoms with Crippen molar-refractivity contribution in [2.75, 3.05) is 31.1 Å². The lowest BCUT2D eigenvalue weighted by atomic mass is 9.91. The quantitative estimate of drug-likeness (QED) is 0.776. The Labute approximate surface area is 161 Å². The predicted molar refractivity (Wildman–Crippen MR) is 97.2 cm³/mol. The van der Waals surface area contributed by atoms with E-state index in [1.54, 1.807) is 18.5 Å². The molecule has 2 aliphatic heterocycles. The number of halogens is 1. The summed E-state index contributed by atoms with van der Waals surface area (Å²) in [6.07, 6.45) is 6.27. The van der Waals surface area contributed by atoms with Crippen LogP contribution >= 0.6 is 0 Å². The van der Waals surface area contributed by atoms with Crippen molar-refractivity contribution in [1.82, 2.24) is 19.9 Å². The van der Waals surface area contributed by atoms with Gasteiger partial charge in [-0.25, -0.2) is 14.4 Å². The van der Waals surface area contributed by atoms with Gasteiger partial charge in [-0.2, -0.15) is 5.26 Å². The van der Waals surface area contributed by atoms with Crippen LogP contribution in [-0.4, -0.2) is 57.7 Å². The van der Waals surface area contributed by atoms with Gasteiger partial charge < -0.3 is 14.5 Å². The van der Waals surface area contributed by atoms with Crippen LogP contribution in [0.1, 0.15) is 24.0 Å². The Hall–Kier alpha value is -3.28. The second-order valence-electron chi connectivity index (χ2n) is 6.88. The van der Waals surface area contributed by atoms with Gasteiger partial charge in [0.2, 0.25) is 0 Å². The van der Waals surface area contributed by atoms with Crippen LogP contribution < -0.4 is 9.64 Å². The van der Waals surface area contributed by atoms with Gasteiger partial charge in [-0.1, -0.05) is 0 Å². The molecule has 4 rings (SSSR count). The molecule has 1 amide bonds. The molecule has 2 aliphatic rings. The van der Waals surface area contributed by atoms with Gasteiger partial charge in [0.1, 0.15) is 36.1 Å². The standard InChI is InChI=1S/C19H19FN6O2/c20-19(2-5-25(6-3-19)16-1-4-22-13-24-16)18(27)26-7-8-28-17-14(9-21)10-23-11-15(17)12-26/h1,4,10-11,13H,2-3,5-8,12H2. The first kappa shape index (κ1) is 18.1. The average Bonchev–Trinajstić information content (AvgIpc) is 2.96. The number of carbonyl (C=O) groups excluding carboxylic acids is 1. The first-order valence-corrected chi connectivity index (χ1v) is 9.10. The third-order valence-electron chi connectivity index (χ3n) is 5.18. The van der Waals surface area contributed by atoms with Gasteiger partial charge in [-0.3, -0.25) is 9.78 Å². The number of nitriles is 1. The zero-order valence-corrected chi connectivity index (χ0v) is 15.2. The highest BCUT2D eigenvalue weighted by atomic mass is 19.1. The van der Waals surface area contributed by atoms with Crippen molar-refractivity contribution in [3.63, 3.8) is 0 Å². The first-order valence-electron chi connectivity index (χ1n) is 9.10. The van der Waals surface area contributed by atoms with Crippen LogP contribution in [0.4, 0.5) is 10.2 Å². The van der Waals surface area contributed by atoms with Crippen LogP contribution in [0, 0.1) is 11.3 Å². The maximum absolute atomic E-state index is 15.5. The van der Waals surface area contributed by atoms with Gasteiger partial charge in [-0.15, -0.1) is 0 Å². The number of aromatic nitrogens is 3. The Kier molecular flexibility index (Phi) is 4.77. The summed E-state index contributed by atoms with van der Waals surface area (Å²) in [5, 5.41) is 9.20. The average molecular weight is 382 g/mol. The van der Waals surface area contributed by atoms with Crippen LogP contribution in [0.5, 0.6) is 5.75 Å². The summed E-state index contributed by atoms with van der Waals surface area (Å²) in [5.41, 5.74) is -0.985. The van der Waals surface area contributed by atoms with Crippen LogP contribution in [0.15, 0.2) is 31.0 Å². The van der Waals surface area contributed by atoms with Crippen molar-refractivity contribution in [3.8, 4) is 11.8 Å². The van der Waals surface area contributed by atoms with E-state index in [-0.39, 0.29) is 32.5 Å². The molecule has 2 aromatic heterocycles. The number of fused-ring (bicyclic) bond motifs is 1. The molecule has 1 fully saturated rings. The molecule has 0 N–H and O–H groups in total. The van der Waals surface area contributed by atoms with E-state index in [2.05, 4.69) is 15.0 Å². The molecule has 144 valence electrons. The van der Waals surface area contributed by atoms with Crippen molar-refractivity contribution in [2.24, 2.45) is 0 Å². The van der Waals surface area contributed by atoms with Crippen molar-refractivity contribution >= 4 is 11.7 Å². The Morgan fingerprint density at radius 2 is 2.07 bits per heavy atom. The minimum atomic E-state index is -1.92. The minimum absolute atomic E-state index is 0.0938. The molecule has 4 heterocycles. The molecule has 0 atom stereocenters. The molecule has 1 saturated heterocycles. The van der Waals surface area contributed by atoms with Gasteiger partial charge in [0, 0.05) is 50.1 Å². The molecule has 28 heavy (non-hydrogen) atoms. The molecule has 8 nitrogen and oxygen atoms in total. The maximum atomic E-state index is 15.5. The molecule has 0 radical (unpaired) electrons. The number of nitrogens with zero attached hydrogens (tertiary/aromatic N) is 6. The zero-order chi connectivity index (χ0) is 19.6. The second-order valence-corrected chi connectivity index (χ2v) is 6.88. The Balaban J connectivity index is 1.47. The van der Waals surface area contributed by atoms with Crippen molar-refractivity contribution in [3.05, 3.63) is 42.1 Å². The first-order chi connectivity index (χ1) is 13.6. The van der Waals surface area contributed by atoms with E-state index in [4.69, 9.17) is 4.74 Å². The normalized spacial score (nSPS) is 18.4. The lowest BCUT2D eigenvalue weighted by molar-refractivity contribution is -0.146. The summed E-state index contributed by atoms with van der Waals surface area (Å²) in [5.74, 6) is 0.629. The Morgan fingerprint density at radius 1 is 1.25 bits per heavy atom. The Morgan fingerprint density at radius 3 is 2.79 bits per heavy atom. The third kappa shape index (κ3) is 3.33. The number of rotatable bonds is 2. The summed E-state index contributed by atoms with van der Waals surface area (Å²) in [6, 6.07) is 3.81. The summed E-state index contributed by atoms with van der Waals surface area (Å²) < 4.78 is 21.2. The monoisotopic (exact) mass is 382 g/mol. The van der Waals surface area contributed by atoms with E-state index in [1.807, 2.05) is 11.0 Å². The van der Waals surface area contributed by atoms with Gasteiger partial charge in [0.05, 0.1) is 13.1 Å². The number of piperidine rings is 1. The fourth-order valence-electron chi connectivity index (χ4n) is 3.63. The molecule has 0 bridgehead atoms. The van der Waals surface area contributed by atoms with Gasteiger partial charge >= 0.3 is 0 Å². The summed E-state index contributed by atoms with van der Waals surface area (Å²) >= 11 is 0. The highest BCUT2D eigenvalue weighted by Crippen LogP contribution is 2.33. The number of anilines is 1. The topological polar surface area (TPSA) is 95.2 Å². The minimum Gasteiger partial charge on any atom is -0.490 e. The highest BCUT2D eigenvalue weighted by Gasteiger charge is 2.44. The number of alkyl halides is 1. The molecular formula is C19H19FN6O2. The third-order valence-corrected chi connectivity index (χ3v) is 5.18. The van der Waals surface area contributed by atoms with Crippen LogP contribution in [0.3, 0.4) is 0 Å². The van der Waals surface area contributed by atoms with Crippen molar-refractivity contribution in [2.45, 2.75) is 25.1 Å².